The van der Waals surface area contributed by atoms with Gasteiger partial charge in [-0.05, 0) is 36.6 Å². The van der Waals surface area contributed by atoms with Gasteiger partial charge in [0.1, 0.15) is 11.5 Å². The van der Waals surface area contributed by atoms with Crippen LogP contribution in [0.4, 0.5) is 0 Å². The van der Waals surface area contributed by atoms with E-state index in [1.54, 1.807) is 6.08 Å². The van der Waals surface area contributed by atoms with Gasteiger partial charge in [-0.15, -0.1) is 0 Å². The van der Waals surface area contributed by atoms with E-state index in [9.17, 15) is 4.79 Å². The van der Waals surface area contributed by atoms with E-state index in [4.69, 9.17) is 11.6 Å². The monoisotopic (exact) mass is 274 g/mol. The summed E-state index contributed by atoms with van der Waals surface area (Å²) in [5, 5.41) is 3.55. The van der Waals surface area contributed by atoms with E-state index in [-0.39, 0.29) is 5.91 Å². The Bertz CT molecular complexity index is 571. The second-order valence-electron chi connectivity index (χ2n) is 5.02. The van der Waals surface area contributed by atoms with E-state index in [1.807, 2.05) is 24.3 Å². The molecule has 1 fully saturated rings. The average molecular weight is 275 g/mol. The maximum Gasteiger partial charge on any atom is 0.275 e. The summed E-state index contributed by atoms with van der Waals surface area (Å²) in [5.74, 6) is 1.16. The number of hydrogen-bond acceptors (Lipinski definition) is 2. The Morgan fingerprint density at radius 2 is 2.11 bits per heavy atom. The summed E-state index contributed by atoms with van der Waals surface area (Å²) in [7, 11) is 0. The Kier molecular flexibility index (Phi) is 3.38. The highest BCUT2D eigenvalue weighted by atomic mass is 35.5. The summed E-state index contributed by atoms with van der Waals surface area (Å²) in [5.41, 5.74) is 1.37. The van der Waals surface area contributed by atoms with Crippen molar-refractivity contribution in [2.45, 2.75) is 25.7 Å². The molecule has 3 nitrogen and oxygen atoms in total. The van der Waals surface area contributed by atoms with Crippen molar-refractivity contribution in [1.82, 2.24) is 5.32 Å². The highest BCUT2D eigenvalue weighted by molar-refractivity contribution is 6.30. The van der Waals surface area contributed by atoms with Gasteiger partial charge >= 0.3 is 0 Å². The number of rotatable bonds is 2. The van der Waals surface area contributed by atoms with Gasteiger partial charge in [-0.3, -0.25) is 4.79 Å². The van der Waals surface area contributed by atoms with Crippen LogP contribution in [0.5, 0.6) is 0 Å². The molecule has 1 amide bonds. The van der Waals surface area contributed by atoms with Crippen LogP contribution in [0.3, 0.4) is 0 Å². The number of aliphatic imine (C=N–C) groups is 1. The second-order valence-corrected chi connectivity index (χ2v) is 5.45. The van der Waals surface area contributed by atoms with E-state index in [1.165, 1.54) is 12.8 Å². The van der Waals surface area contributed by atoms with Gasteiger partial charge in [0.05, 0.1) is 0 Å². The molecule has 2 aliphatic rings. The molecule has 1 saturated carbocycles. The lowest BCUT2D eigenvalue weighted by molar-refractivity contribution is -0.115. The largest absolute Gasteiger partial charge is 0.308 e. The molecule has 19 heavy (non-hydrogen) atoms. The second kappa shape index (κ2) is 5.17. The van der Waals surface area contributed by atoms with E-state index in [2.05, 4.69) is 10.3 Å². The summed E-state index contributed by atoms with van der Waals surface area (Å²) in [6.45, 7) is 0. The van der Waals surface area contributed by atoms with Crippen LogP contribution in [0.2, 0.25) is 5.02 Å². The van der Waals surface area contributed by atoms with Gasteiger partial charge in [0, 0.05) is 10.9 Å². The van der Waals surface area contributed by atoms with Gasteiger partial charge in [-0.2, -0.15) is 0 Å². The molecular formula is C15H15ClN2O. The summed E-state index contributed by atoms with van der Waals surface area (Å²) < 4.78 is 0. The molecule has 98 valence electrons. The molecule has 1 aliphatic heterocycles. The zero-order valence-corrected chi connectivity index (χ0v) is 11.3. The van der Waals surface area contributed by atoms with Crippen LogP contribution in [0.25, 0.3) is 6.08 Å². The molecule has 1 aromatic rings. The summed E-state index contributed by atoms with van der Waals surface area (Å²) >= 11 is 5.93. The third-order valence-electron chi connectivity index (χ3n) is 3.61. The van der Waals surface area contributed by atoms with E-state index in [0.29, 0.717) is 16.6 Å². The van der Waals surface area contributed by atoms with Crippen LogP contribution >= 0.6 is 11.6 Å². The molecule has 0 unspecified atom stereocenters. The van der Waals surface area contributed by atoms with Crippen molar-refractivity contribution in [2.24, 2.45) is 10.9 Å². The Labute approximate surface area is 117 Å². The number of amidine groups is 1. The van der Waals surface area contributed by atoms with Gasteiger partial charge in [0.15, 0.2) is 0 Å². The molecule has 1 heterocycles. The maximum absolute atomic E-state index is 11.9. The zero-order chi connectivity index (χ0) is 13.2. The molecule has 1 aromatic carbocycles. The molecule has 4 heteroatoms. The minimum Gasteiger partial charge on any atom is -0.308 e. The molecule has 0 aromatic heterocycles. The number of nitrogens with one attached hydrogen (secondary N) is 1. The highest BCUT2D eigenvalue weighted by Crippen LogP contribution is 2.28. The van der Waals surface area contributed by atoms with Crippen molar-refractivity contribution in [2.75, 3.05) is 0 Å². The minimum atomic E-state index is -0.109. The van der Waals surface area contributed by atoms with Gasteiger partial charge in [0.25, 0.3) is 5.91 Å². The standard InChI is InChI=1S/C15H15ClN2O/c16-12-7-3-4-10(8-12)9-13-15(19)18-14(17-13)11-5-1-2-6-11/h3-4,7-9,11H,1-2,5-6H2,(H,17,18,19)/b13-9+. The molecule has 3 rings (SSSR count). The quantitative estimate of drug-likeness (QED) is 0.825. The number of hydrogen-bond donors (Lipinski definition) is 1. The van der Waals surface area contributed by atoms with Crippen LogP contribution in [0, 0.1) is 5.92 Å². The first-order valence-corrected chi connectivity index (χ1v) is 6.97. The van der Waals surface area contributed by atoms with Gasteiger partial charge < -0.3 is 5.32 Å². The zero-order valence-electron chi connectivity index (χ0n) is 10.5. The Morgan fingerprint density at radius 3 is 2.84 bits per heavy atom. The van der Waals surface area contributed by atoms with Crippen molar-refractivity contribution >= 4 is 29.4 Å². The van der Waals surface area contributed by atoms with E-state index < -0.39 is 0 Å². The van der Waals surface area contributed by atoms with Crippen LogP contribution in [0.15, 0.2) is 35.0 Å². The summed E-state index contributed by atoms with van der Waals surface area (Å²) in [4.78, 5) is 16.4. The van der Waals surface area contributed by atoms with Crippen molar-refractivity contribution < 1.29 is 4.79 Å². The fraction of sp³-hybridized carbons (Fsp3) is 0.333. The van der Waals surface area contributed by atoms with Crippen LogP contribution in [-0.2, 0) is 4.79 Å². The van der Waals surface area contributed by atoms with Crippen molar-refractivity contribution in [3.63, 3.8) is 0 Å². The Hall–Kier alpha value is -1.61. The van der Waals surface area contributed by atoms with Gasteiger partial charge in [0.2, 0.25) is 0 Å². The first-order chi connectivity index (χ1) is 9.22. The molecule has 0 spiro atoms. The number of nitrogens with zero attached hydrogens (tertiary/aromatic N) is 1. The first-order valence-electron chi connectivity index (χ1n) is 6.59. The van der Waals surface area contributed by atoms with Crippen LogP contribution in [-0.4, -0.2) is 11.7 Å². The summed E-state index contributed by atoms with van der Waals surface area (Å²) in [6.07, 6.45) is 6.50. The minimum absolute atomic E-state index is 0.109. The lowest BCUT2D eigenvalue weighted by Gasteiger charge is -2.06. The lowest BCUT2D eigenvalue weighted by Crippen LogP contribution is -2.29. The number of carbonyl (C=O) groups is 1. The molecule has 1 N–H and O–H groups in total. The van der Waals surface area contributed by atoms with Crippen LogP contribution < -0.4 is 5.32 Å². The third-order valence-corrected chi connectivity index (χ3v) is 3.84. The topological polar surface area (TPSA) is 41.5 Å². The summed E-state index contributed by atoms with van der Waals surface area (Å²) in [6, 6.07) is 7.41. The average Bonchev–Trinajstić information content (AvgIpc) is 3.00. The molecule has 0 radical (unpaired) electrons. The highest BCUT2D eigenvalue weighted by Gasteiger charge is 2.28. The number of carbonyl (C=O) groups excluding carboxylic acids is 1. The fourth-order valence-corrected chi connectivity index (χ4v) is 2.83. The SMILES string of the molecule is O=C1NC(C2CCCC2)=N/C1=C/c1cccc(Cl)c1. The van der Waals surface area contributed by atoms with Crippen molar-refractivity contribution in [3.05, 3.63) is 40.5 Å². The smallest absolute Gasteiger partial charge is 0.275 e. The number of benzene rings is 1. The third kappa shape index (κ3) is 2.71. The fourth-order valence-electron chi connectivity index (χ4n) is 2.63. The molecular weight excluding hydrogens is 260 g/mol. The van der Waals surface area contributed by atoms with E-state index >= 15 is 0 Å². The predicted molar refractivity (Wildman–Crippen MR) is 77.0 cm³/mol. The molecule has 0 saturated heterocycles. The molecule has 0 atom stereocenters. The number of halogens is 1. The van der Waals surface area contributed by atoms with Gasteiger partial charge in [-0.1, -0.05) is 36.6 Å². The Balaban J connectivity index is 1.85. The van der Waals surface area contributed by atoms with Crippen molar-refractivity contribution in [1.29, 1.82) is 0 Å². The van der Waals surface area contributed by atoms with Gasteiger partial charge in [-0.25, -0.2) is 4.99 Å². The molecule has 0 bridgehead atoms. The van der Waals surface area contributed by atoms with Crippen molar-refractivity contribution in [3.8, 4) is 0 Å². The molecule has 1 aliphatic carbocycles. The normalized spacial score (nSPS) is 21.8. The Morgan fingerprint density at radius 1 is 1.32 bits per heavy atom. The van der Waals surface area contributed by atoms with Crippen LogP contribution in [0.1, 0.15) is 31.2 Å². The van der Waals surface area contributed by atoms with E-state index in [0.717, 1.165) is 24.2 Å². The first kappa shape index (κ1) is 12.4. The predicted octanol–water partition coefficient (Wildman–Crippen LogP) is 3.40. The number of amides is 1. The lowest BCUT2D eigenvalue weighted by atomic mass is 10.1. The maximum atomic E-state index is 11.9.